The Bertz CT molecular complexity index is 554. The van der Waals surface area contributed by atoms with E-state index in [1.54, 1.807) is 6.07 Å². The molecule has 2 nitrogen and oxygen atoms in total. The minimum atomic E-state index is -0.710. The third-order valence-corrected chi connectivity index (χ3v) is 2.90. The van der Waals surface area contributed by atoms with Gasteiger partial charge in [0.25, 0.3) is 0 Å². The SMILES string of the molecule is O=Cc1ccc(CCc2ccc(Cl)cc2)nc1F. The maximum atomic E-state index is 13.3. The number of aryl methyl sites for hydroxylation is 2. The monoisotopic (exact) mass is 263 g/mol. The quantitative estimate of drug-likeness (QED) is 0.624. The first kappa shape index (κ1) is 12.7. The number of carbonyl (C=O) groups is 1. The Morgan fingerprint density at radius 3 is 2.44 bits per heavy atom. The van der Waals surface area contributed by atoms with Crippen LogP contribution in [0.4, 0.5) is 4.39 Å². The zero-order valence-corrected chi connectivity index (χ0v) is 10.3. The molecule has 0 amide bonds. The minimum Gasteiger partial charge on any atom is -0.298 e. The Hall–Kier alpha value is -1.74. The van der Waals surface area contributed by atoms with E-state index in [2.05, 4.69) is 4.98 Å². The average molecular weight is 264 g/mol. The van der Waals surface area contributed by atoms with Gasteiger partial charge in [-0.1, -0.05) is 23.7 Å². The fourth-order valence-electron chi connectivity index (χ4n) is 1.63. The second kappa shape index (κ2) is 5.74. The summed E-state index contributed by atoms with van der Waals surface area (Å²) in [6.07, 6.45) is 1.84. The Kier molecular flexibility index (Phi) is 4.05. The maximum Gasteiger partial charge on any atom is 0.223 e. The maximum absolute atomic E-state index is 13.3. The second-order valence-corrected chi connectivity index (χ2v) is 4.36. The van der Waals surface area contributed by atoms with E-state index in [-0.39, 0.29) is 5.56 Å². The van der Waals surface area contributed by atoms with Crippen molar-refractivity contribution in [2.24, 2.45) is 0 Å². The molecule has 0 aliphatic rings. The zero-order chi connectivity index (χ0) is 13.0. The van der Waals surface area contributed by atoms with Crippen molar-refractivity contribution in [3.8, 4) is 0 Å². The van der Waals surface area contributed by atoms with Crippen molar-refractivity contribution < 1.29 is 9.18 Å². The number of nitrogens with zero attached hydrogens (tertiary/aromatic N) is 1. The van der Waals surface area contributed by atoms with Crippen molar-refractivity contribution in [2.75, 3.05) is 0 Å². The topological polar surface area (TPSA) is 30.0 Å². The molecule has 92 valence electrons. The van der Waals surface area contributed by atoms with Gasteiger partial charge in [-0.15, -0.1) is 0 Å². The van der Waals surface area contributed by atoms with Crippen LogP contribution in [-0.2, 0) is 12.8 Å². The number of aromatic nitrogens is 1. The highest BCUT2D eigenvalue weighted by Gasteiger charge is 2.04. The van der Waals surface area contributed by atoms with Crippen molar-refractivity contribution in [3.63, 3.8) is 0 Å². The van der Waals surface area contributed by atoms with Crippen LogP contribution in [0, 0.1) is 5.95 Å². The molecule has 0 spiro atoms. The summed E-state index contributed by atoms with van der Waals surface area (Å²) >= 11 is 5.79. The van der Waals surface area contributed by atoms with E-state index < -0.39 is 5.95 Å². The fourth-order valence-corrected chi connectivity index (χ4v) is 1.76. The minimum absolute atomic E-state index is 0.00903. The summed E-state index contributed by atoms with van der Waals surface area (Å²) in [6, 6.07) is 10.6. The van der Waals surface area contributed by atoms with E-state index >= 15 is 0 Å². The molecule has 0 atom stereocenters. The van der Waals surface area contributed by atoms with Crippen LogP contribution in [0.3, 0.4) is 0 Å². The first-order valence-corrected chi connectivity index (χ1v) is 5.92. The predicted octanol–water partition coefficient (Wildman–Crippen LogP) is 3.47. The predicted molar refractivity (Wildman–Crippen MR) is 68.4 cm³/mol. The normalized spacial score (nSPS) is 10.3. The molecular formula is C14H11ClFNO. The molecule has 2 rings (SSSR count). The standard InChI is InChI=1S/C14H11ClFNO/c15-12-5-1-10(2-6-12)3-7-13-8-4-11(9-18)14(16)17-13/h1-2,4-6,8-9H,3,7H2. The lowest BCUT2D eigenvalue weighted by atomic mass is 10.1. The number of benzene rings is 1. The van der Waals surface area contributed by atoms with Gasteiger partial charge in [-0.3, -0.25) is 4.79 Å². The van der Waals surface area contributed by atoms with E-state index in [0.717, 1.165) is 12.0 Å². The van der Waals surface area contributed by atoms with E-state index in [1.165, 1.54) is 6.07 Å². The third-order valence-electron chi connectivity index (χ3n) is 2.65. The number of rotatable bonds is 4. The summed E-state index contributed by atoms with van der Waals surface area (Å²) in [7, 11) is 0. The highest BCUT2D eigenvalue weighted by Crippen LogP contribution is 2.12. The van der Waals surface area contributed by atoms with E-state index in [1.807, 2.05) is 24.3 Å². The summed E-state index contributed by atoms with van der Waals surface area (Å²) in [4.78, 5) is 14.2. The molecule has 18 heavy (non-hydrogen) atoms. The van der Waals surface area contributed by atoms with Crippen LogP contribution in [0.25, 0.3) is 0 Å². The van der Waals surface area contributed by atoms with Gasteiger partial charge in [-0.2, -0.15) is 4.39 Å². The largest absolute Gasteiger partial charge is 0.298 e. The van der Waals surface area contributed by atoms with Crippen LogP contribution < -0.4 is 0 Å². The lowest BCUT2D eigenvalue weighted by Gasteiger charge is -2.03. The van der Waals surface area contributed by atoms with Gasteiger partial charge in [-0.05, 0) is 42.7 Å². The molecular weight excluding hydrogens is 253 g/mol. The van der Waals surface area contributed by atoms with Crippen LogP contribution in [0.5, 0.6) is 0 Å². The molecule has 2 aromatic rings. The number of hydrogen-bond acceptors (Lipinski definition) is 2. The molecule has 1 heterocycles. The smallest absolute Gasteiger partial charge is 0.223 e. The highest BCUT2D eigenvalue weighted by atomic mass is 35.5. The van der Waals surface area contributed by atoms with Crippen molar-refractivity contribution in [1.29, 1.82) is 0 Å². The van der Waals surface area contributed by atoms with Gasteiger partial charge in [0.2, 0.25) is 5.95 Å². The van der Waals surface area contributed by atoms with Crippen LogP contribution in [0.15, 0.2) is 36.4 Å². The molecule has 0 fully saturated rings. The number of halogens is 2. The first-order chi connectivity index (χ1) is 8.69. The summed E-state index contributed by atoms with van der Waals surface area (Å²) < 4.78 is 13.3. The van der Waals surface area contributed by atoms with Gasteiger partial charge in [0.05, 0.1) is 5.56 Å². The van der Waals surface area contributed by atoms with Crippen molar-refractivity contribution >= 4 is 17.9 Å². The van der Waals surface area contributed by atoms with Crippen molar-refractivity contribution in [2.45, 2.75) is 12.8 Å². The summed E-state index contributed by atoms with van der Waals surface area (Å²) in [5.41, 5.74) is 1.74. The van der Waals surface area contributed by atoms with E-state index in [9.17, 15) is 9.18 Å². The molecule has 0 aliphatic heterocycles. The Balaban J connectivity index is 2.04. The van der Waals surface area contributed by atoms with E-state index in [4.69, 9.17) is 11.6 Å². The van der Waals surface area contributed by atoms with Gasteiger partial charge in [0.1, 0.15) is 0 Å². The molecule has 1 aromatic carbocycles. The van der Waals surface area contributed by atoms with Crippen LogP contribution in [0.1, 0.15) is 21.6 Å². The summed E-state index contributed by atoms with van der Waals surface area (Å²) in [6.45, 7) is 0. The molecule has 0 unspecified atom stereocenters. The van der Waals surface area contributed by atoms with Gasteiger partial charge in [0, 0.05) is 10.7 Å². The van der Waals surface area contributed by atoms with Gasteiger partial charge in [0.15, 0.2) is 6.29 Å². The number of aldehydes is 1. The Morgan fingerprint density at radius 2 is 1.83 bits per heavy atom. The molecule has 4 heteroatoms. The number of pyridine rings is 1. The Labute approximate surface area is 109 Å². The number of carbonyl (C=O) groups excluding carboxylic acids is 1. The number of hydrogen-bond donors (Lipinski definition) is 0. The summed E-state index contributed by atoms with van der Waals surface area (Å²) in [5.74, 6) is -0.710. The molecule has 0 bridgehead atoms. The van der Waals surface area contributed by atoms with Crippen molar-refractivity contribution in [1.82, 2.24) is 4.98 Å². The molecule has 0 N–H and O–H groups in total. The molecule has 0 saturated heterocycles. The molecule has 0 aliphatic carbocycles. The van der Waals surface area contributed by atoms with Gasteiger partial charge < -0.3 is 0 Å². The third kappa shape index (κ3) is 3.14. The Morgan fingerprint density at radius 1 is 1.11 bits per heavy atom. The average Bonchev–Trinajstić information content (AvgIpc) is 2.38. The molecule has 0 radical (unpaired) electrons. The van der Waals surface area contributed by atoms with Crippen LogP contribution in [-0.4, -0.2) is 11.3 Å². The van der Waals surface area contributed by atoms with Gasteiger partial charge >= 0.3 is 0 Å². The van der Waals surface area contributed by atoms with Gasteiger partial charge in [-0.25, -0.2) is 4.98 Å². The van der Waals surface area contributed by atoms with Crippen LogP contribution >= 0.6 is 11.6 Å². The molecule has 0 saturated carbocycles. The second-order valence-electron chi connectivity index (χ2n) is 3.93. The fraction of sp³-hybridized carbons (Fsp3) is 0.143. The highest BCUT2D eigenvalue weighted by molar-refractivity contribution is 6.30. The van der Waals surface area contributed by atoms with E-state index in [0.29, 0.717) is 23.4 Å². The van der Waals surface area contributed by atoms with Crippen LogP contribution in [0.2, 0.25) is 5.02 Å². The lowest BCUT2D eigenvalue weighted by molar-refractivity contribution is 0.111. The lowest BCUT2D eigenvalue weighted by Crippen LogP contribution is -1.99. The zero-order valence-electron chi connectivity index (χ0n) is 9.57. The molecule has 1 aromatic heterocycles. The summed E-state index contributed by atoms with van der Waals surface area (Å²) in [5, 5.41) is 0.693. The first-order valence-electron chi connectivity index (χ1n) is 5.54. The van der Waals surface area contributed by atoms with Crippen molar-refractivity contribution in [3.05, 3.63) is 64.2 Å².